The van der Waals surface area contributed by atoms with E-state index in [1.54, 1.807) is 0 Å². The summed E-state index contributed by atoms with van der Waals surface area (Å²) < 4.78 is 0. The molecular weight excluding hydrogens is 324 g/mol. The van der Waals surface area contributed by atoms with E-state index in [4.69, 9.17) is 0 Å². The minimum absolute atomic E-state index is 0.0560. The Morgan fingerprint density at radius 2 is 1.73 bits per heavy atom. The van der Waals surface area contributed by atoms with E-state index in [1.807, 2.05) is 12.1 Å². The summed E-state index contributed by atoms with van der Waals surface area (Å²) in [5.41, 5.74) is 2.16. The van der Waals surface area contributed by atoms with Crippen molar-refractivity contribution in [3.05, 3.63) is 29.8 Å². The van der Waals surface area contributed by atoms with Crippen molar-refractivity contribution in [2.75, 3.05) is 11.9 Å². The molecule has 0 saturated carbocycles. The molecule has 0 unspecified atom stereocenters. The molecule has 2 atom stereocenters. The van der Waals surface area contributed by atoms with E-state index in [0.717, 1.165) is 18.5 Å². The minimum Gasteiger partial charge on any atom is -0.393 e. The lowest BCUT2D eigenvalue weighted by Crippen LogP contribution is -2.47. The molecule has 26 heavy (non-hydrogen) atoms. The highest BCUT2D eigenvalue weighted by Crippen LogP contribution is 2.16. The summed E-state index contributed by atoms with van der Waals surface area (Å²) in [5, 5.41) is 15.8. The Kier molecular flexibility index (Phi) is 9.72. The molecule has 1 saturated heterocycles. The van der Waals surface area contributed by atoms with Gasteiger partial charge in [0.2, 0.25) is 5.91 Å². The molecule has 0 bridgehead atoms. The third-order valence-corrected chi connectivity index (χ3v) is 5.23. The number of amides is 1. The number of nitrogens with one attached hydrogen (secondary N) is 2. The van der Waals surface area contributed by atoms with Gasteiger partial charge in [-0.15, -0.1) is 0 Å². The molecule has 146 valence electrons. The smallest absolute Gasteiger partial charge is 0.241 e. The van der Waals surface area contributed by atoms with E-state index in [0.29, 0.717) is 13.0 Å². The van der Waals surface area contributed by atoms with Gasteiger partial charge in [-0.25, -0.2) is 0 Å². The monoisotopic (exact) mass is 360 g/mol. The molecule has 1 aromatic rings. The number of hydrogen-bond acceptors (Lipinski definition) is 3. The molecule has 2 rings (SSSR count). The molecule has 4 heteroatoms. The van der Waals surface area contributed by atoms with Crippen LogP contribution in [0.2, 0.25) is 0 Å². The van der Waals surface area contributed by atoms with Gasteiger partial charge in [0.15, 0.2) is 0 Å². The molecule has 0 radical (unpaired) electrons. The number of aliphatic hydroxyl groups is 1. The summed E-state index contributed by atoms with van der Waals surface area (Å²) in [7, 11) is 0. The number of unbranched alkanes of at least 4 members (excludes halogenated alkanes) is 7. The maximum atomic E-state index is 12.3. The van der Waals surface area contributed by atoms with E-state index in [1.165, 1.54) is 56.9 Å². The molecule has 0 spiro atoms. The van der Waals surface area contributed by atoms with Crippen molar-refractivity contribution in [2.24, 2.45) is 0 Å². The number of rotatable bonds is 11. The van der Waals surface area contributed by atoms with Gasteiger partial charge in [-0.05, 0) is 49.9 Å². The van der Waals surface area contributed by atoms with Gasteiger partial charge in [0.1, 0.15) is 0 Å². The van der Waals surface area contributed by atoms with Gasteiger partial charge in [-0.3, -0.25) is 4.79 Å². The van der Waals surface area contributed by atoms with Crippen LogP contribution in [0.4, 0.5) is 5.69 Å². The molecule has 1 aliphatic rings. The number of aryl methyl sites for hydroxylation is 1. The van der Waals surface area contributed by atoms with E-state index in [9.17, 15) is 9.90 Å². The Labute approximate surface area is 158 Å². The minimum atomic E-state index is -0.374. The maximum absolute atomic E-state index is 12.3. The second-order valence-corrected chi connectivity index (χ2v) is 7.60. The zero-order valence-corrected chi connectivity index (χ0v) is 16.3. The molecule has 1 aromatic carbocycles. The van der Waals surface area contributed by atoms with Gasteiger partial charge in [0.25, 0.3) is 0 Å². The number of aliphatic hydroxyl groups excluding tert-OH is 1. The van der Waals surface area contributed by atoms with Crippen LogP contribution in [0.1, 0.15) is 76.7 Å². The number of benzene rings is 1. The van der Waals surface area contributed by atoms with E-state index in [2.05, 4.69) is 29.7 Å². The Balaban J connectivity index is 1.62. The fourth-order valence-electron chi connectivity index (χ4n) is 3.54. The molecule has 1 heterocycles. The van der Waals surface area contributed by atoms with Crippen molar-refractivity contribution in [1.29, 1.82) is 0 Å². The van der Waals surface area contributed by atoms with Crippen molar-refractivity contribution >= 4 is 11.6 Å². The summed E-state index contributed by atoms with van der Waals surface area (Å²) in [6.07, 6.45) is 12.7. The SMILES string of the molecule is CCCCCCCCCCc1ccc(NC(=O)[C@@H]2C[C@@H](O)CCN2)cc1. The van der Waals surface area contributed by atoms with Gasteiger partial charge in [0, 0.05) is 5.69 Å². The number of hydrogen-bond donors (Lipinski definition) is 3. The predicted molar refractivity (Wildman–Crippen MR) is 108 cm³/mol. The number of carbonyl (C=O) groups excluding carboxylic acids is 1. The van der Waals surface area contributed by atoms with Crippen molar-refractivity contribution in [3.8, 4) is 0 Å². The van der Waals surface area contributed by atoms with Gasteiger partial charge in [-0.2, -0.15) is 0 Å². The molecule has 1 fully saturated rings. The quantitative estimate of drug-likeness (QED) is 0.512. The van der Waals surface area contributed by atoms with Crippen molar-refractivity contribution < 1.29 is 9.90 Å². The van der Waals surface area contributed by atoms with E-state index >= 15 is 0 Å². The second-order valence-electron chi connectivity index (χ2n) is 7.60. The fourth-order valence-corrected chi connectivity index (χ4v) is 3.54. The van der Waals surface area contributed by atoms with Crippen LogP contribution in [0, 0.1) is 0 Å². The Morgan fingerprint density at radius 3 is 2.38 bits per heavy atom. The van der Waals surface area contributed by atoms with Crippen LogP contribution < -0.4 is 10.6 Å². The third kappa shape index (κ3) is 7.88. The highest BCUT2D eigenvalue weighted by Gasteiger charge is 2.25. The molecule has 0 aliphatic carbocycles. The molecule has 1 aliphatic heterocycles. The summed E-state index contributed by atoms with van der Waals surface area (Å²) in [4.78, 5) is 12.3. The summed E-state index contributed by atoms with van der Waals surface area (Å²) in [6.45, 7) is 2.95. The summed E-state index contributed by atoms with van der Waals surface area (Å²) in [5.74, 6) is -0.0560. The highest BCUT2D eigenvalue weighted by molar-refractivity contribution is 5.94. The van der Waals surface area contributed by atoms with Crippen molar-refractivity contribution in [1.82, 2.24) is 5.32 Å². The standard InChI is InChI=1S/C22H36N2O2/c1-2-3-4-5-6-7-8-9-10-18-11-13-19(14-12-18)24-22(26)21-17-20(25)15-16-23-21/h11-14,20-21,23,25H,2-10,15-17H2,1H3,(H,24,26)/t20-,21-/m0/s1. The third-order valence-electron chi connectivity index (χ3n) is 5.23. The van der Waals surface area contributed by atoms with Gasteiger partial charge < -0.3 is 15.7 Å². The van der Waals surface area contributed by atoms with Gasteiger partial charge in [0.05, 0.1) is 12.1 Å². The van der Waals surface area contributed by atoms with Crippen LogP contribution in [0.3, 0.4) is 0 Å². The van der Waals surface area contributed by atoms with Crippen LogP contribution in [0.15, 0.2) is 24.3 Å². The number of piperidine rings is 1. The van der Waals surface area contributed by atoms with Crippen LogP contribution in [0.25, 0.3) is 0 Å². The van der Waals surface area contributed by atoms with Crippen molar-refractivity contribution in [2.45, 2.75) is 89.7 Å². The normalized spacial score (nSPS) is 20.1. The van der Waals surface area contributed by atoms with Crippen LogP contribution in [0.5, 0.6) is 0 Å². The largest absolute Gasteiger partial charge is 0.393 e. The first-order valence-corrected chi connectivity index (χ1v) is 10.5. The Hall–Kier alpha value is -1.39. The lowest BCUT2D eigenvalue weighted by molar-refractivity contribution is -0.119. The summed E-state index contributed by atoms with van der Waals surface area (Å²) in [6, 6.07) is 7.89. The van der Waals surface area contributed by atoms with Crippen molar-refractivity contribution in [3.63, 3.8) is 0 Å². The Bertz CT molecular complexity index is 515. The van der Waals surface area contributed by atoms with Gasteiger partial charge >= 0.3 is 0 Å². The first kappa shape index (κ1) is 20.9. The second kappa shape index (κ2) is 12.1. The van der Waals surface area contributed by atoms with E-state index < -0.39 is 0 Å². The lowest BCUT2D eigenvalue weighted by Gasteiger charge is -2.26. The fraction of sp³-hybridized carbons (Fsp3) is 0.682. The van der Waals surface area contributed by atoms with E-state index in [-0.39, 0.29) is 18.1 Å². The topological polar surface area (TPSA) is 61.4 Å². The highest BCUT2D eigenvalue weighted by atomic mass is 16.3. The first-order chi connectivity index (χ1) is 12.7. The van der Waals surface area contributed by atoms with Gasteiger partial charge in [-0.1, -0.05) is 64.0 Å². The van der Waals surface area contributed by atoms with Crippen LogP contribution in [-0.2, 0) is 11.2 Å². The van der Waals surface area contributed by atoms with Crippen LogP contribution >= 0.6 is 0 Å². The number of anilines is 1. The molecule has 1 amide bonds. The molecular formula is C22H36N2O2. The zero-order chi connectivity index (χ0) is 18.6. The average Bonchev–Trinajstić information content (AvgIpc) is 2.65. The average molecular weight is 361 g/mol. The predicted octanol–water partition coefficient (Wildman–Crippen LogP) is 4.42. The summed E-state index contributed by atoms with van der Waals surface area (Å²) >= 11 is 0. The molecule has 3 N–H and O–H groups in total. The number of carbonyl (C=O) groups is 1. The maximum Gasteiger partial charge on any atom is 0.241 e. The first-order valence-electron chi connectivity index (χ1n) is 10.5. The zero-order valence-electron chi connectivity index (χ0n) is 16.3. The lowest BCUT2D eigenvalue weighted by atomic mass is 10.0. The Morgan fingerprint density at radius 1 is 1.08 bits per heavy atom. The molecule has 0 aromatic heterocycles. The van der Waals surface area contributed by atoms with Crippen LogP contribution in [-0.4, -0.2) is 29.7 Å². The molecule has 4 nitrogen and oxygen atoms in total.